The summed E-state index contributed by atoms with van der Waals surface area (Å²) in [6.07, 6.45) is 4.82. The van der Waals surface area contributed by atoms with E-state index in [0.717, 1.165) is 0 Å². The van der Waals surface area contributed by atoms with Gasteiger partial charge in [0, 0.05) is 28.4 Å². The number of aromatic nitrogens is 2. The lowest BCUT2D eigenvalue weighted by Gasteiger charge is -2.34. The van der Waals surface area contributed by atoms with E-state index in [1.165, 1.54) is 0 Å². The molecule has 4 rings (SSSR count). The molecule has 1 amide bonds. The van der Waals surface area contributed by atoms with Crippen LogP contribution in [-0.4, -0.2) is 27.5 Å². The number of phenolic OH excluding ortho intramolecular Hbond substituents is 1. The molecule has 0 aliphatic heterocycles. The van der Waals surface area contributed by atoms with E-state index in [4.69, 9.17) is 28.9 Å². The average molecular weight is 453 g/mol. The van der Waals surface area contributed by atoms with Gasteiger partial charge in [0.25, 0.3) is 0 Å². The van der Waals surface area contributed by atoms with Gasteiger partial charge in [-0.1, -0.05) is 41.4 Å². The molecule has 2 aromatic heterocycles. The van der Waals surface area contributed by atoms with Crippen LogP contribution in [0.5, 0.6) is 5.75 Å². The number of anilines is 1. The number of fused-ring (bicyclic) bond motifs is 1. The summed E-state index contributed by atoms with van der Waals surface area (Å²) in [4.78, 5) is 22.2. The summed E-state index contributed by atoms with van der Waals surface area (Å²) in [6, 6.07) is 15.3. The van der Waals surface area contributed by atoms with E-state index in [-0.39, 0.29) is 12.3 Å². The Hall–Kier alpha value is -3.35. The van der Waals surface area contributed by atoms with Gasteiger partial charge < -0.3 is 15.7 Å². The lowest BCUT2D eigenvalue weighted by atomic mass is 9.94. The van der Waals surface area contributed by atoms with Crippen LogP contribution in [0, 0.1) is 0 Å². The van der Waals surface area contributed by atoms with Crippen molar-refractivity contribution >= 4 is 45.7 Å². The van der Waals surface area contributed by atoms with Gasteiger partial charge in [0.2, 0.25) is 5.91 Å². The number of nitrogens with zero attached hydrogens (tertiary/aromatic N) is 3. The van der Waals surface area contributed by atoms with Gasteiger partial charge in [0.1, 0.15) is 11.3 Å². The molecular weight excluding hydrogens is 435 g/mol. The first-order valence-corrected chi connectivity index (χ1v) is 10.2. The SMILES string of the molecule is NC(=O)CN(c1cccnc1)C(c1ccccc1Cl)c1cc(Cl)c2cccnc2c1O. The number of pyridine rings is 2. The second-order valence-corrected chi connectivity index (χ2v) is 7.74. The Bertz CT molecular complexity index is 1250. The van der Waals surface area contributed by atoms with Crippen LogP contribution in [0.25, 0.3) is 10.9 Å². The summed E-state index contributed by atoms with van der Waals surface area (Å²) >= 11 is 13.1. The Labute approximate surface area is 188 Å². The largest absolute Gasteiger partial charge is 0.505 e. The zero-order valence-corrected chi connectivity index (χ0v) is 17.8. The fourth-order valence-corrected chi connectivity index (χ4v) is 4.15. The second-order valence-electron chi connectivity index (χ2n) is 6.93. The fourth-order valence-electron chi connectivity index (χ4n) is 3.64. The maximum Gasteiger partial charge on any atom is 0.236 e. The maximum absolute atomic E-state index is 12.0. The predicted molar refractivity (Wildman–Crippen MR) is 122 cm³/mol. The van der Waals surface area contributed by atoms with Crippen LogP contribution >= 0.6 is 23.2 Å². The molecule has 0 spiro atoms. The van der Waals surface area contributed by atoms with Crippen LogP contribution in [-0.2, 0) is 4.79 Å². The highest BCUT2D eigenvalue weighted by Gasteiger charge is 2.30. The van der Waals surface area contributed by atoms with E-state index in [1.807, 2.05) is 12.1 Å². The Kier molecular flexibility index (Phi) is 5.93. The van der Waals surface area contributed by atoms with Gasteiger partial charge in [0.05, 0.1) is 29.5 Å². The molecular formula is C23H18Cl2N4O2. The number of amides is 1. The molecule has 4 aromatic rings. The molecule has 1 atom stereocenters. The molecule has 3 N–H and O–H groups in total. The number of hydrogen-bond acceptors (Lipinski definition) is 5. The highest BCUT2D eigenvalue weighted by molar-refractivity contribution is 6.35. The van der Waals surface area contributed by atoms with Crippen molar-refractivity contribution in [2.24, 2.45) is 5.73 Å². The minimum absolute atomic E-state index is 0.0525. The fraction of sp³-hybridized carbons (Fsp3) is 0.0870. The van der Waals surface area contributed by atoms with Crippen LogP contribution < -0.4 is 10.6 Å². The second kappa shape index (κ2) is 8.79. The number of aromatic hydroxyl groups is 1. The van der Waals surface area contributed by atoms with Gasteiger partial charge in [0.15, 0.2) is 0 Å². The van der Waals surface area contributed by atoms with Crippen molar-refractivity contribution in [3.8, 4) is 5.75 Å². The maximum atomic E-state index is 12.0. The van der Waals surface area contributed by atoms with E-state index >= 15 is 0 Å². The Morgan fingerprint density at radius 3 is 2.52 bits per heavy atom. The Morgan fingerprint density at radius 1 is 1.03 bits per heavy atom. The number of hydrogen-bond donors (Lipinski definition) is 2. The van der Waals surface area contributed by atoms with Crippen molar-refractivity contribution in [2.45, 2.75) is 6.04 Å². The molecule has 2 heterocycles. The summed E-state index contributed by atoms with van der Waals surface area (Å²) in [5.41, 5.74) is 7.67. The normalized spacial score (nSPS) is 11.9. The number of primary amides is 1. The standard InChI is InChI=1S/C23H18Cl2N4O2/c24-18-8-2-1-6-16(18)22(29(13-20(26)30)14-5-3-9-27-12-14)17-11-19(25)15-7-4-10-28-21(15)23(17)31/h1-12,22,31H,13H2,(H2,26,30). The number of phenols is 1. The third-order valence-corrected chi connectivity index (χ3v) is 5.61. The molecule has 0 saturated heterocycles. The first-order valence-electron chi connectivity index (χ1n) is 9.43. The molecule has 0 saturated carbocycles. The van der Waals surface area contributed by atoms with Crippen molar-refractivity contribution in [2.75, 3.05) is 11.4 Å². The summed E-state index contributed by atoms with van der Waals surface area (Å²) in [6.45, 7) is -0.140. The number of carbonyl (C=O) groups is 1. The van der Waals surface area contributed by atoms with Gasteiger partial charge >= 0.3 is 0 Å². The van der Waals surface area contributed by atoms with Gasteiger partial charge in [-0.3, -0.25) is 14.8 Å². The van der Waals surface area contributed by atoms with Gasteiger partial charge in [-0.05, 0) is 42.0 Å². The molecule has 1 unspecified atom stereocenters. The molecule has 0 aliphatic rings. The highest BCUT2D eigenvalue weighted by atomic mass is 35.5. The lowest BCUT2D eigenvalue weighted by Crippen LogP contribution is -2.37. The quantitative estimate of drug-likeness (QED) is 0.441. The Morgan fingerprint density at radius 2 is 1.81 bits per heavy atom. The van der Waals surface area contributed by atoms with E-state index in [0.29, 0.717) is 37.8 Å². The molecule has 2 aromatic carbocycles. The van der Waals surface area contributed by atoms with Crippen LogP contribution in [0.4, 0.5) is 5.69 Å². The summed E-state index contributed by atoms with van der Waals surface area (Å²) in [5.74, 6) is -0.603. The lowest BCUT2D eigenvalue weighted by molar-refractivity contribution is -0.116. The van der Waals surface area contributed by atoms with E-state index < -0.39 is 11.9 Å². The highest BCUT2D eigenvalue weighted by Crippen LogP contribution is 2.43. The van der Waals surface area contributed by atoms with Gasteiger partial charge in [-0.15, -0.1) is 0 Å². The van der Waals surface area contributed by atoms with E-state index in [9.17, 15) is 9.90 Å². The summed E-state index contributed by atoms with van der Waals surface area (Å²) in [5, 5.41) is 12.7. The van der Waals surface area contributed by atoms with Crippen molar-refractivity contribution in [3.63, 3.8) is 0 Å². The zero-order chi connectivity index (χ0) is 22.0. The van der Waals surface area contributed by atoms with Crippen LogP contribution in [0.15, 0.2) is 73.2 Å². The van der Waals surface area contributed by atoms with Crippen molar-refractivity contribution < 1.29 is 9.90 Å². The van der Waals surface area contributed by atoms with E-state index in [2.05, 4.69) is 9.97 Å². The Balaban J connectivity index is 2.02. The van der Waals surface area contributed by atoms with Crippen molar-refractivity contribution in [1.82, 2.24) is 9.97 Å². The predicted octanol–water partition coefficient (Wildman–Crippen LogP) is 4.72. The van der Waals surface area contributed by atoms with Gasteiger partial charge in [-0.2, -0.15) is 0 Å². The first kappa shape index (κ1) is 20.9. The number of rotatable bonds is 6. The number of carbonyl (C=O) groups excluding carboxylic acids is 1. The molecule has 8 heteroatoms. The summed E-state index contributed by atoms with van der Waals surface area (Å²) in [7, 11) is 0. The smallest absolute Gasteiger partial charge is 0.236 e. The van der Waals surface area contributed by atoms with Crippen molar-refractivity contribution in [3.05, 3.63) is 94.4 Å². The molecule has 6 nitrogen and oxygen atoms in total. The third-order valence-electron chi connectivity index (χ3n) is 4.95. The molecule has 0 fully saturated rings. The zero-order valence-electron chi connectivity index (χ0n) is 16.2. The molecule has 0 radical (unpaired) electrons. The van der Waals surface area contributed by atoms with Crippen LogP contribution in [0.1, 0.15) is 17.2 Å². The molecule has 156 valence electrons. The number of halogens is 2. The third kappa shape index (κ3) is 4.13. The van der Waals surface area contributed by atoms with Gasteiger partial charge in [-0.25, -0.2) is 0 Å². The van der Waals surface area contributed by atoms with Crippen LogP contribution in [0.3, 0.4) is 0 Å². The van der Waals surface area contributed by atoms with E-state index in [1.54, 1.807) is 66.0 Å². The molecule has 0 bridgehead atoms. The number of nitrogens with two attached hydrogens (primary N) is 1. The minimum Gasteiger partial charge on any atom is -0.505 e. The molecule has 31 heavy (non-hydrogen) atoms. The number of benzene rings is 2. The first-order chi connectivity index (χ1) is 15.0. The van der Waals surface area contributed by atoms with Crippen LogP contribution in [0.2, 0.25) is 10.0 Å². The average Bonchev–Trinajstić information content (AvgIpc) is 2.78. The van der Waals surface area contributed by atoms with Crippen molar-refractivity contribution in [1.29, 1.82) is 0 Å². The molecule has 0 aliphatic carbocycles. The monoisotopic (exact) mass is 452 g/mol. The topological polar surface area (TPSA) is 92.3 Å². The minimum atomic E-state index is -0.686. The summed E-state index contributed by atoms with van der Waals surface area (Å²) < 4.78 is 0.